The minimum atomic E-state index is 0.682. The summed E-state index contributed by atoms with van der Waals surface area (Å²) in [4.78, 5) is 2.76. The molecule has 1 aliphatic carbocycles. The fourth-order valence-electron chi connectivity index (χ4n) is 4.75. The molecule has 110 valence electrons. The molecule has 4 nitrogen and oxygen atoms in total. The number of hydrogen-bond donors (Lipinski definition) is 1. The van der Waals surface area contributed by atoms with Crippen LogP contribution in [0.3, 0.4) is 0 Å². The van der Waals surface area contributed by atoms with E-state index in [4.69, 9.17) is 5.10 Å². The lowest BCUT2D eigenvalue weighted by Gasteiger charge is -2.51. The Bertz CT molecular complexity index is 507. The molecular weight excluding hydrogens is 248 g/mol. The number of hydrogen-bond acceptors (Lipinski definition) is 3. The van der Waals surface area contributed by atoms with Crippen molar-refractivity contribution >= 4 is 11.5 Å². The predicted molar refractivity (Wildman–Crippen MR) is 82.3 cm³/mol. The van der Waals surface area contributed by atoms with E-state index in [1.54, 1.807) is 0 Å². The van der Waals surface area contributed by atoms with E-state index in [9.17, 15) is 0 Å². The highest BCUT2D eigenvalue weighted by molar-refractivity contribution is 5.73. The lowest BCUT2D eigenvalue weighted by atomic mass is 9.76. The van der Waals surface area contributed by atoms with E-state index in [-0.39, 0.29) is 0 Å². The van der Waals surface area contributed by atoms with Crippen molar-refractivity contribution in [3.63, 3.8) is 0 Å². The van der Waals surface area contributed by atoms with Gasteiger partial charge in [0.15, 0.2) is 5.82 Å². The summed E-state index contributed by atoms with van der Waals surface area (Å²) in [6, 6.07) is 1.45. The molecule has 1 aromatic heterocycles. The summed E-state index contributed by atoms with van der Waals surface area (Å²) in [5.74, 6) is 2.29. The molecule has 0 bridgehead atoms. The number of anilines is 2. The number of fused-ring (bicyclic) bond motifs is 5. The van der Waals surface area contributed by atoms with Gasteiger partial charge in [0.05, 0.1) is 5.69 Å². The van der Waals surface area contributed by atoms with E-state index in [1.165, 1.54) is 55.7 Å². The fourth-order valence-corrected chi connectivity index (χ4v) is 4.75. The summed E-state index contributed by atoms with van der Waals surface area (Å²) < 4.78 is 2.13. The molecule has 1 N–H and O–H groups in total. The zero-order valence-corrected chi connectivity index (χ0v) is 12.7. The number of rotatable bonds is 1. The number of nitrogens with one attached hydrogen (secondary N) is 1. The first-order valence-corrected chi connectivity index (χ1v) is 8.37. The van der Waals surface area contributed by atoms with Crippen LogP contribution in [0, 0.1) is 5.92 Å². The van der Waals surface area contributed by atoms with Gasteiger partial charge in [-0.1, -0.05) is 19.8 Å². The maximum absolute atomic E-state index is 4.75. The molecular formula is C16H26N4. The minimum absolute atomic E-state index is 0.682. The van der Waals surface area contributed by atoms with Gasteiger partial charge in [-0.25, -0.2) is 0 Å². The molecule has 20 heavy (non-hydrogen) atoms. The highest BCUT2D eigenvalue weighted by Crippen LogP contribution is 2.45. The summed E-state index contributed by atoms with van der Waals surface area (Å²) in [7, 11) is 2.12. The molecule has 3 aliphatic rings. The normalized spacial score (nSPS) is 32.1. The van der Waals surface area contributed by atoms with E-state index < -0.39 is 0 Å². The Kier molecular flexibility index (Phi) is 2.93. The van der Waals surface area contributed by atoms with Crippen LogP contribution in [0.5, 0.6) is 0 Å². The molecule has 1 aromatic rings. The maximum Gasteiger partial charge on any atom is 0.151 e. The van der Waals surface area contributed by atoms with Gasteiger partial charge in [0.25, 0.3) is 0 Å². The molecule has 4 heteroatoms. The van der Waals surface area contributed by atoms with Crippen LogP contribution in [-0.4, -0.2) is 28.4 Å². The number of nitrogens with zero attached hydrogens (tertiary/aromatic N) is 3. The topological polar surface area (TPSA) is 33.1 Å². The van der Waals surface area contributed by atoms with Gasteiger partial charge in [-0.2, -0.15) is 5.10 Å². The van der Waals surface area contributed by atoms with Crippen LogP contribution < -0.4 is 10.2 Å². The average Bonchev–Trinajstić information content (AvgIpc) is 2.83. The molecule has 3 heterocycles. The first kappa shape index (κ1) is 12.5. The van der Waals surface area contributed by atoms with Crippen LogP contribution in [-0.2, 0) is 13.5 Å². The third kappa shape index (κ3) is 1.69. The van der Waals surface area contributed by atoms with Gasteiger partial charge in [0.1, 0.15) is 5.69 Å². The predicted octanol–water partition coefficient (Wildman–Crippen LogP) is 2.94. The van der Waals surface area contributed by atoms with E-state index in [1.807, 2.05) is 0 Å². The van der Waals surface area contributed by atoms with E-state index in [0.29, 0.717) is 6.04 Å². The second kappa shape index (κ2) is 4.68. The molecule has 0 aromatic carbocycles. The Hall–Kier alpha value is -1.19. The summed E-state index contributed by atoms with van der Waals surface area (Å²) in [6.45, 7) is 3.31. The van der Waals surface area contributed by atoms with Crippen LogP contribution in [0.15, 0.2) is 0 Å². The first-order valence-electron chi connectivity index (χ1n) is 8.37. The molecule has 2 aliphatic heterocycles. The molecule has 0 spiro atoms. The number of aromatic nitrogens is 2. The summed E-state index contributed by atoms with van der Waals surface area (Å²) in [6.07, 6.45) is 9.47. The lowest BCUT2D eigenvalue weighted by molar-refractivity contribution is 0.213. The molecule has 3 atom stereocenters. The smallest absolute Gasteiger partial charge is 0.151 e. The van der Waals surface area contributed by atoms with Gasteiger partial charge in [-0.05, 0) is 38.0 Å². The van der Waals surface area contributed by atoms with Gasteiger partial charge in [-0.15, -0.1) is 0 Å². The Morgan fingerprint density at radius 1 is 1.20 bits per heavy atom. The molecule has 0 radical (unpaired) electrons. The van der Waals surface area contributed by atoms with Gasteiger partial charge >= 0.3 is 0 Å². The van der Waals surface area contributed by atoms with Crippen molar-refractivity contribution in [2.45, 2.75) is 64.0 Å². The Balaban J connectivity index is 1.77. The second-order valence-corrected chi connectivity index (χ2v) is 6.75. The zero-order valence-electron chi connectivity index (χ0n) is 12.7. The van der Waals surface area contributed by atoms with Crippen molar-refractivity contribution < 1.29 is 0 Å². The van der Waals surface area contributed by atoms with Gasteiger partial charge in [0, 0.05) is 25.7 Å². The molecule has 1 saturated carbocycles. The highest BCUT2D eigenvalue weighted by atomic mass is 15.4. The van der Waals surface area contributed by atoms with Gasteiger partial charge < -0.3 is 10.2 Å². The lowest BCUT2D eigenvalue weighted by Crippen LogP contribution is -2.57. The SMILES string of the molecule is CCc1nn(C)c2c1NCC1CCC3CCCCC3N21. The van der Waals surface area contributed by atoms with Crippen molar-refractivity contribution in [3.8, 4) is 0 Å². The molecule has 2 fully saturated rings. The van der Waals surface area contributed by atoms with Crippen molar-refractivity contribution in [1.29, 1.82) is 0 Å². The van der Waals surface area contributed by atoms with Crippen LogP contribution in [0.25, 0.3) is 0 Å². The van der Waals surface area contributed by atoms with Crippen LogP contribution >= 0.6 is 0 Å². The Labute approximate surface area is 121 Å². The summed E-state index contributed by atoms with van der Waals surface area (Å²) >= 11 is 0. The van der Waals surface area contributed by atoms with E-state index in [2.05, 4.69) is 28.9 Å². The minimum Gasteiger partial charge on any atom is -0.378 e. The monoisotopic (exact) mass is 274 g/mol. The van der Waals surface area contributed by atoms with Crippen molar-refractivity contribution in [2.24, 2.45) is 13.0 Å². The fraction of sp³-hybridized carbons (Fsp3) is 0.812. The van der Waals surface area contributed by atoms with Crippen molar-refractivity contribution in [3.05, 3.63) is 5.69 Å². The van der Waals surface area contributed by atoms with E-state index in [0.717, 1.165) is 24.9 Å². The maximum atomic E-state index is 4.75. The Morgan fingerprint density at radius 3 is 2.90 bits per heavy atom. The average molecular weight is 274 g/mol. The number of aryl methyl sites for hydroxylation is 2. The Morgan fingerprint density at radius 2 is 2.05 bits per heavy atom. The first-order chi connectivity index (χ1) is 9.79. The van der Waals surface area contributed by atoms with Crippen LogP contribution in [0.2, 0.25) is 0 Å². The second-order valence-electron chi connectivity index (χ2n) is 6.75. The zero-order chi connectivity index (χ0) is 13.7. The van der Waals surface area contributed by atoms with E-state index >= 15 is 0 Å². The third-order valence-corrected chi connectivity index (χ3v) is 5.67. The van der Waals surface area contributed by atoms with Crippen LogP contribution in [0.1, 0.15) is 51.1 Å². The van der Waals surface area contributed by atoms with Gasteiger partial charge in [0.2, 0.25) is 0 Å². The van der Waals surface area contributed by atoms with Crippen LogP contribution in [0.4, 0.5) is 11.5 Å². The summed E-state index contributed by atoms with van der Waals surface area (Å²) in [5, 5.41) is 8.42. The van der Waals surface area contributed by atoms with Crippen molar-refractivity contribution in [2.75, 3.05) is 16.8 Å². The summed E-state index contributed by atoms with van der Waals surface area (Å²) in [5.41, 5.74) is 2.55. The number of piperidine rings is 1. The van der Waals surface area contributed by atoms with Gasteiger partial charge in [-0.3, -0.25) is 4.68 Å². The van der Waals surface area contributed by atoms with Crippen molar-refractivity contribution in [1.82, 2.24) is 9.78 Å². The largest absolute Gasteiger partial charge is 0.378 e. The molecule has 3 unspecified atom stereocenters. The quantitative estimate of drug-likeness (QED) is 0.855. The molecule has 1 saturated heterocycles. The highest BCUT2D eigenvalue weighted by Gasteiger charge is 2.42. The molecule has 0 amide bonds. The molecule has 4 rings (SSSR count). The third-order valence-electron chi connectivity index (χ3n) is 5.67. The standard InChI is InChI=1S/C16H26N4/c1-3-13-15-16(19(2)18-13)20-12(10-17-15)9-8-11-6-4-5-7-14(11)20/h11-12,14,17H,3-10H2,1-2H3.